The summed E-state index contributed by atoms with van der Waals surface area (Å²) in [5, 5.41) is 18.5. The van der Waals surface area contributed by atoms with Crippen molar-refractivity contribution in [2.75, 3.05) is 6.50 Å². The van der Waals surface area contributed by atoms with Crippen LogP contribution in [0.2, 0.25) is 0 Å². The van der Waals surface area contributed by atoms with Crippen LogP contribution >= 0.6 is 12.4 Å². The number of hydrogen-bond donors (Lipinski definition) is 3. The zero-order chi connectivity index (χ0) is 12.7. The number of rotatable bonds is 2. The predicted octanol–water partition coefficient (Wildman–Crippen LogP) is 1.02. The van der Waals surface area contributed by atoms with E-state index in [9.17, 15) is 10.2 Å². The second-order valence-electron chi connectivity index (χ2n) is 1.93. The van der Waals surface area contributed by atoms with Crippen molar-refractivity contribution >= 4 is 12.4 Å². The standard InChI is InChI=1S/C8H11NO2.ClH/c9-4-3-6-1-2-7(10)8(11)5-6;/h1-2,5,10-11H,3-4,9H2;1H/i1D,2D,4D2,5D;. The lowest BCUT2D eigenvalue weighted by molar-refractivity contribution is 0.403. The van der Waals surface area contributed by atoms with Gasteiger partial charge in [0.05, 0.1) is 4.11 Å². The Morgan fingerprint density at radius 3 is 2.67 bits per heavy atom. The molecule has 0 saturated carbocycles. The molecule has 0 bridgehead atoms. The van der Waals surface area contributed by atoms with Gasteiger partial charge >= 0.3 is 0 Å². The molecule has 4 heteroatoms. The van der Waals surface area contributed by atoms with E-state index in [4.69, 9.17) is 12.6 Å². The van der Waals surface area contributed by atoms with Gasteiger partial charge in [-0.15, -0.1) is 12.4 Å². The number of nitrogens with two attached hydrogens (primary N) is 1. The van der Waals surface area contributed by atoms with Gasteiger partial charge in [-0.2, -0.15) is 0 Å². The normalized spacial score (nSPS) is 16.2. The zero-order valence-electron chi connectivity index (χ0n) is 11.1. The Hall–Kier alpha value is -0.930. The number of phenolic OH excluding ortho intramolecular Hbond substituents is 2. The van der Waals surface area contributed by atoms with Gasteiger partial charge in [0.2, 0.25) is 0 Å². The van der Waals surface area contributed by atoms with Crippen molar-refractivity contribution in [1.29, 1.82) is 0 Å². The largest absolute Gasteiger partial charge is 0.504 e. The summed E-state index contributed by atoms with van der Waals surface area (Å²) in [6.45, 7) is -2.15. The minimum Gasteiger partial charge on any atom is -0.504 e. The van der Waals surface area contributed by atoms with Crippen LogP contribution < -0.4 is 5.73 Å². The molecule has 0 fully saturated rings. The third-order valence-corrected chi connectivity index (χ3v) is 1.10. The van der Waals surface area contributed by atoms with Crippen LogP contribution in [-0.2, 0) is 6.42 Å². The highest BCUT2D eigenvalue weighted by Gasteiger charge is 1.98. The maximum atomic E-state index is 9.29. The molecule has 1 rings (SSSR count). The van der Waals surface area contributed by atoms with E-state index in [0.717, 1.165) is 0 Å². The van der Waals surface area contributed by atoms with Crippen LogP contribution in [0.4, 0.5) is 0 Å². The van der Waals surface area contributed by atoms with E-state index >= 15 is 0 Å². The molecule has 0 aromatic heterocycles. The molecule has 68 valence electrons. The van der Waals surface area contributed by atoms with Crippen molar-refractivity contribution in [3.63, 3.8) is 0 Å². The third kappa shape index (κ3) is 2.60. The summed E-state index contributed by atoms with van der Waals surface area (Å²) in [7, 11) is 0. The number of benzene rings is 1. The first-order valence-electron chi connectivity index (χ1n) is 5.44. The zero-order valence-corrected chi connectivity index (χ0v) is 6.90. The first kappa shape index (κ1) is 4.94. The highest BCUT2D eigenvalue weighted by atomic mass is 35.5. The summed E-state index contributed by atoms with van der Waals surface area (Å²) < 4.78 is 36.4. The SMILES string of the molecule is Cl.[2H]c1c([2H])c(CC([2H])([2H])N)c([2H])c(O)c1O. The van der Waals surface area contributed by atoms with Gasteiger partial charge in [0.15, 0.2) is 11.5 Å². The van der Waals surface area contributed by atoms with Crippen molar-refractivity contribution in [1.82, 2.24) is 0 Å². The monoisotopic (exact) mass is 194 g/mol. The number of aromatic hydroxyl groups is 2. The number of phenols is 2. The number of hydrogen-bond acceptors (Lipinski definition) is 3. The third-order valence-electron chi connectivity index (χ3n) is 1.10. The van der Waals surface area contributed by atoms with E-state index in [1.807, 2.05) is 0 Å². The fourth-order valence-corrected chi connectivity index (χ4v) is 0.618. The maximum absolute atomic E-state index is 9.29. The molecule has 12 heavy (non-hydrogen) atoms. The van der Waals surface area contributed by atoms with Gasteiger partial charge in [0.25, 0.3) is 0 Å². The molecule has 0 aliphatic heterocycles. The summed E-state index contributed by atoms with van der Waals surface area (Å²) in [5.41, 5.74) is 4.90. The molecular formula is C8H12ClNO2. The van der Waals surface area contributed by atoms with Gasteiger partial charge in [0.1, 0.15) is 0 Å². The Bertz CT molecular complexity index is 406. The van der Waals surface area contributed by atoms with Gasteiger partial charge in [-0.25, -0.2) is 0 Å². The van der Waals surface area contributed by atoms with E-state index < -0.39 is 42.5 Å². The number of halogens is 1. The van der Waals surface area contributed by atoms with Gasteiger partial charge in [-0.05, 0) is 30.6 Å². The molecule has 4 N–H and O–H groups in total. The van der Waals surface area contributed by atoms with Crippen LogP contribution in [0.1, 0.15) is 12.4 Å². The lowest BCUT2D eigenvalue weighted by Crippen LogP contribution is -2.02. The molecule has 0 unspecified atom stereocenters. The summed E-state index contributed by atoms with van der Waals surface area (Å²) in [5.74, 6) is -1.68. The average Bonchev–Trinajstić information content (AvgIpc) is 2.17. The molecular weight excluding hydrogens is 178 g/mol. The molecule has 0 spiro atoms. The highest BCUT2D eigenvalue weighted by Crippen LogP contribution is 2.24. The van der Waals surface area contributed by atoms with Gasteiger partial charge < -0.3 is 15.9 Å². The van der Waals surface area contributed by atoms with Crippen LogP contribution in [0.15, 0.2) is 18.1 Å². The first-order chi connectivity index (χ1) is 7.15. The lowest BCUT2D eigenvalue weighted by atomic mass is 10.1. The average molecular weight is 195 g/mol. The summed E-state index contributed by atoms with van der Waals surface area (Å²) >= 11 is 0. The van der Waals surface area contributed by atoms with Crippen LogP contribution in [0.3, 0.4) is 0 Å². The lowest BCUT2D eigenvalue weighted by Gasteiger charge is -2.00. The van der Waals surface area contributed by atoms with Gasteiger partial charge in [0, 0.05) is 2.74 Å². The Labute approximate surface area is 84.3 Å². The Morgan fingerprint density at radius 2 is 2.08 bits per heavy atom. The summed E-state index contributed by atoms with van der Waals surface area (Å²) in [4.78, 5) is 0. The van der Waals surface area contributed by atoms with Crippen molar-refractivity contribution in [2.24, 2.45) is 5.73 Å². The Kier molecular flexibility index (Phi) is 2.00. The minimum absolute atomic E-state index is 0. The first-order valence-corrected chi connectivity index (χ1v) is 2.94. The minimum atomic E-state index is -2.15. The van der Waals surface area contributed by atoms with Crippen LogP contribution in [0.5, 0.6) is 11.5 Å². The quantitative estimate of drug-likeness (QED) is 0.616. The second-order valence-corrected chi connectivity index (χ2v) is 1.93. The van der Waals surface area contributed by atoms with E-state index in [1.54, 1.807) is 0 Å². The smallest absolute Gasteiger partial charge is 0.157 e. The van der Waals surface area contributed by atoms with Crippen LogP contribution in [-0.4, -0.2) is 16.7 Å². The molecule has 0 saturated heterocycles. The molecule has 0 radical (unpaired) electrons. The second kappa shape index (κ2) is 4.85. The van der Waals surface area contributed by atoms with Crippen LogP contribution in [0.25, 0.3) is 0 Å². The van der Waals surface area contributed by atoms with Crippen molar-refractivity contribution in [2.45, 2.75) is 6.42 Å². The van der Waals surface area contributed by atoms with E-state index in [0.29, 0.717) is 0 Å². The van der Waals surface area contributed by atoms with Crippen LogP contribution in [0, 0.1) is 0 Å². The van der Waals surface area contributed by atoms with Crippen molar-refractivity contribution < 1.29 is 17.1 Å². The summed E-state index contributed by atoms with van der Waals surface area (Å²) in [6, 6.07) is -1.73. The fourth-order valence-electron chi connectivity index (χ4n) is 0.618. The van der Waals surface area contributed by atoms with E-state index in [-0.39, 0.29) is 18.0 Å². The molecule has 0 heterocycles. The molecule has 0 amide bonds. The molecule has 0 atom stereocenters. The van der Waals surface area contributed by atoms with Crippen molar-refractivity contribution in [3.8, 4) is 11.5 Å². The fraction of sp³-hybridized carbons (Fsp3) is 0.250. The summed E-state index contributed by atoms with van der Waals surface area (Å²) in [6.07, 6.45) is -0.482. The Balaban J connectivity index is 0.00000256. The van der Waals surface area contributed by atoms with E-state index in [1.165, 1.54) is 0 Å². The van der Waals surface area contributed by atoms with Gasteiger partial charge in [-0.3, -0.25) is 0 Å². The Morgan fingerprint density at radius 1 is 1.42 bits per heavy atom. The maximum Gasteiger partial charge on any atom is 0.157 e. The molecule has 1 aromatic rings. The van der Waals surface area contributed by atoms with Crippen molar-refractivity contribution in [3.05, 3.63) is 23.7 Å². The molecule has 1 aromatic carbocycles. The van der Waals surface area contributed by atoms with Gasteiger partial charge in [-0.1, -0.05) is 6.04 Å². The topological polar surface area (TPSA) is 66.5 Å². The highest BCUT2D eigenvalue weighted by molar-refractivity contribution is 5.85. The molecule has 3 nitrogen and oxygen atoms in total. The predicted molar refractivity (Wildman–Crippen MR) is 49.8 cm³/mol. The molecule has 0 aliphatic rings. The molecule has 0 aliphatic carbocycles. The van der Waals surface area contributed by atoms with E-state index in [2.05, 4.69) is 0 Å².